The molecule has 1 fully saturated rings. The molecule has 5 nitrogen and oxygen atoms in total. The first-order valence-electron chi connectivity index (χ1n) is 5.35. The van der Waals surface area contributed by atoms with Crippen LogP contribution in [0.5, 0.6) is 0 Å². The molecule has 1 aliphatic heterocycles. The molecule has 8 heteroatoms. The molecule has 0 radical (unpaired) electrons. The zero-order valence-corrected chi connectivity index (χ0v) is 9.71. The molecule has 18 heavy (non-hydrogen) atoms. The maximum Gasteiger partial charge on any atom is 0.471 e. The van der Waals surface area contributed by atoms with E-state index in [-0.39, 0.29) is 31.2 Å². The van der Waals surface area contributed by atoms with Crippen molar-refractivity contribution in [3.8, 4) is 0 Å². The second-order valence-corrected chi connectivity index (χ2v) is 4.09. The molecule has 1 rings (SSSR count). The first-order valence-corrected chi connectivity index (χ1v) is 5.35. The summed E-state index contributed by atoms with van der Waals surface area (Å²) in [7, 11) is 0. The van der Waals surface area contributed by atoms with Crippen molar-refractivity contribution in [2.45, 2.75) is 19.5 Å². The van der Waals surface area contributed by atoms with Gasteiger partial charge >= 0.3 is 12.1 Å². The third-order valence-electron chi connectivity index (χ3n) is 2.74. The normalized spacial score (nSPS) is 20.8. The lowest BCUT2D eigenvalue weighted by Gasteiger charge is -2.31. The standard InChI is InChI=1S/C10H13F3N2O3/c1-6(16)15-3-2-8(17)7(5-15)4-14-9(18)10(11,12)13/h7H,2-5H2,1H3,(H,14,18). The molecular formula is C10H13F3N2O3. The summed E-state index contributed by atoms with van der Waals surface area (Å²) in [5.74, 6) is -3.33. The van der Waals surface area contributed by atoms with Gasteiger partial charge in [-0.15, -0.1) is 0 Å². The van der Waals surface area contributed by atoms with Gasteiger partial charge in [-0.1, -0.05) is 0 Å². The predicted octanol–water partition coefficient (Wildman–Crippen LogP) is 0.102. The van der Waals surface area contributed by atoms with E-state index in [1.165, 1.54) is 11.8 Å². The molecule has 0 bridgehead atoms. The van der Waals surface area contributed by atoms with E-state index >= 15 is 0 Å². The van der Waals surface area contributed by atoms with Crippen LogP contribution in [0.25, 0.3) is 0 Å². The molecule has 0 aromatic carbocycles. The summed E-state index contributed by atoms with van der Waals surface area (Å²) >= 11 is 0. The molecule has 2 amide bonds. The van der Waals surface area contributed by atoms with E-state index in [9.17, 15) is 27.6 Å². The third-order valence-corrected chi connectivity index (χ3v) is 2.74. The highest BCUT2D eigenvalue weighted by Gasteiger charge is 2.39. The Bertz CT molecular complexity index is 368. The van der Waals surface area contributed by atoms with Gasteiger partial charge in [0.1, 0.15) is 5.78 Å². The molecule has 1 heterocycles. The van der Waals surface area contributed by atoms with Crippen molar-refractivity contribution < 1.29 is 27.6 Å². The summed E-state index contributed by atoms with van der Waals surface area (Å²) in [6.45, 7) is 1.24. The number of likely N-dealkylation sites (tertiary alicyclic amines) is 1. The van der Waals surface area contributed by atoms with Gasteiger partial charge in [0.2, 0.25) is 5.91 Å². The molecule has 0 saturated carbocycles. The molecule has 1 N–H and O–H groups in total. The van der Waals surface area contributed by atoms with E-state index in [0.717, 1.165) is 0 Å². The van der Waals surface area contributed by atoms with Crippen molar-refractivity contribution in [3.63, 3.8) is 0 Å². The van der Waals surface area contributed by atoms with E-state index in [0.29, 0.717) is 0 Å². The second kappa shape index (κ2) is 5.36. The summed E-state index contributed by atoms with van der Waals surface area (Å²) in [5, 5.41) is 1.66. The fraction of sp³-hybridized carbons (Fsp3) is 0.700. The Morgan fingerprint density at radius 3 is 2.56 bits per heavy atom. The monoisotopic (exact) mass is 266 g/mol. The van der Waals surface area contributed by atoms with Crippen molar-refractivity contribution in [1.29, 1.82) is 0 Å². The average molecular weight is 266 g/mol. The fourth-order valence-corrected chi connectivity index (χ4v) is 1.69. The van der Waals surface area contributed by atoms with Gasteiger partial charge in [-0.25, -0.2) is 0 Å². The number of carbonyl (C=O) groups is 3. The Balaban J connectivity index is 2.52. The predicted molar refractivity (Wildman–Crippen MR) is 54.4 cm³/mol. The van der Waals surface area contributed by atoms with E-state index in [1.54, 1.807) is 5.32 Å². The number of carbonyl (C=O) groups excluding carboxylic acids is 3. The molecule has 1 saturated heterocycles. The largest absolute Gasteiger partial charge is 0.471 e. The first kappa shape index (κ1) is 14.5. The molecule has 0 aromatic rings. The van der Waals surface area contributed by atoms with E-state index in [4.69, 9.17) is 0 Å². The zero-order chi connectivity index (χ0) is 13.9. The van der Waals surface area contributed by atoms with Crippen LogP contribution in [0.4, 0.5) is 13.2 Å². The maximum atomic E-state index is 11.9. The molecular weight excluding hydrogens is 253 g/mol. The first-order chi connectivity index (χ1) is 8.21. The summed E-state index contributed by atoms with van der Waals surface area (Å²) in [6.07, 6.45) is -4.86. The Morgan fingerprint density at radius 2 is 2.06 bits per heavy atom. The number of amides is 2. The summed E-state index contributed by atoms with van der Waals surface area (Å²) in [5.41, 5.74) is 0. The topological polar surface area (TPSA) is 66.5 Å². The lowest BCUT2D eigenvalue weighted by Crippen LogP contribution is -2.49. The van der Waals surface area contributed by atoms with Crippen molar-refractivity contribution in [3.05, 3.63) is 0 Å². The van der Waals surface area contributed by atoms with Gasteiger partial charge in [-0.05, 0) is 0 Å². The fourth-order valence-electron chi connectivity index (χ4n) is 1.69. The number of halogens is 3. The SMILES string of the molecule is CC(=O)N1CCC(=O)C(CNC(=O)C(F)(F)F)C1. The second-order valence-electron chi connectivity index (χ2n) is 4.09. The van der Waals surface area contributed by atoms with Crippen LogP contribution in [0.3, 0.4) is 0 Å². The van der Waals surface area contributed by atoms with Crippen LogP contribution >= 0.6 is 0 Å². The van der Waals surface area contributed by atoms with E-state index < -0.39 is 24.5 Å². The van der Waals surface area contributed by atoms with Crippen LogP contribution in [0, 0.1) is 5.92 Å². The summed E-state index contributed by atoms with van der Waals surface area (Å²) in [6, 6.07) is 0. The van der Waals surface area contributed by atoms with Crippen LogP contribution in [0.2, 0.25) is 0 Å². The Morgan fingerprint density at radius 1 is 1.44 bits per heavy atom. The Labute approximate surface area is 101 Å². The third kappa shape index (κ3) is 3.71. The minimum atomic E-state index is -4.96. The zero-order valence-electron chi connectivity index (χ0n) is 9.71. The van der Waals surface area contributed by atoms with Crippen LogP contribution in [-0.2, 0) is 14.4 Å². The Hall–Kier alpha value is -1.60. The molecule has 0 aliphatic carbocycles. The molecule has 102 valence electrons. The minimum Gasteiger partial charge on any atom is -0.347 e. The minimum absolute atomic E-state index is 0.0479. The van der Waals surface area contributed by atoms with Crippen molar-refractivity contribution >= 4 is 17.6 Å². The van der Waals surface area contributed by atoms with Gasteiger partial charge in [0.05, 0.1) is 5.92 Å². The number of Topliss-reactive ketones (excluding diaryl/α,β-unsaturated/α-hetero) is 1. The molecule has 1 unspecified atom stereocenters. The lowest BCUT2D eigenvalue weighted by molar-refractivity contribution is -0.173. The highest BCUT2D eigenvalue weighted by atomic mass is 19.4. The van der Waals surface area contributed by atoms with Crippen molar-refractivity contribution in [1.82, 2.24) is 10.2 Å². The molecule has 0 spiro atoms. The quantitative estimate of drug-likeness (QED) is 0.771. The highest BCUT2D eigenvalue weighted by Crippen LogP contribution is 2.16. The van der Waals surface area contributed by atoms with Gasteiger partial charge in [-0.2, -0.15) is 13.2 Å². The molecule has 0 aromatic heterocycles. The molecule has 1 atom stereocenters. The summed E-state index contributed by atoms with van der Waals surface area (Å²) < 4.78 is 35.8. The van der Waals surface area contributed by atoms with Gasteiger partial charge in [0.25, 0.3) is 0 Å². The van der Waals surface area contributed by atoms with Gasteiger partial charge in [-0.3, -0.25) is 14.4 Å². The highest BCUT2D eigenvalue weighted by molar-refractivity contribution is 5.86. The number of ketones is 1. The number of nitrogens with zero attached hydrogens (tertiary/aromatic N) is 1. The molecule has 1 aliphatic rings. The van der Waals surface area contributed by atoms with Gasteiger partial charge in [0.15, 0.2) is 0 Å². The number of rotatable bonds is 2. The van der Waals surface area contributed by atoms with Crippen molar-refractivity contribution in [2.24, 2.45) is 5.92 Å². The maximum absolute atomic E-state index is 11.9. The number of alkyl halides is 3. The number of hydrogen-bond donors (Lipinski definition) is 1. The number of nitrogens with one attached hydrogen (secondary N) is 1. The average Bonchev–Trinajstić information content (AvgIpc) is 2.25. The van der Waals surface area contributed by atoms with Crippen LogP contribution in [-0.4, -0.2) is 48.3 Å². The van der Waals surface area contributed by atoms with Crippen molar-refractivity contribution in [2.75, 3.05) is 19.6 Å². The smallest absolute Gasteiger partial charge is 0.347 e. The van der Waals surface area contributed by atoms with Crippen LogP contribution in [0.15, 0.2) is 0 Å². The van der Waals surface area contributed by atoms with Gasteiger partial charge < -0.3 is 10.2 Å². The van der Waals surface area contributed by atoms with Gasteiger partial charge in [0, 0.05) is 33.0 Å². The van der Waals surface area contributed by atoms with E-state index in [1.807, 2.05) is 0 Å². The van der Waals surface area contributed by atoms with E-state index in [2.05, 4.69) is 0 Å². The summed E-state index contributed by atoms with van der Waals surface area (Å²) in [4.78, 5) is 34.5. The lowest BCUT2D eigenvalue weighted by atomic mass is 9.96. The van der Waals surface area contributed by atoms with Crippen LogP contribution < -0.4 is 5.32 Å². The number of hydrogen-bond acceptors (Lipinski definition) is 3. The number of piperidine rings is 1. The van der Waals surface area contributed by atoms with Crippen LogP contribution in [0.1, 0.15) is 13.3 Å². The Kier molecular flexibility index (Phi) is 4.31.